The molecule has 2 aromatic rings. The van der Waals surface area contributed by atoms with Gasteiger partial charge in [-0.05, 0) is 36.4 Å². The summed E-state index contributed by atoms with van der Waals surface area (Å²) in [5, 5.41) is 8.63. The number of rotatable bonds is 3. The van der Waals surface area contributed by atoms with Crippen LogP contribution >= 0.6 is 11.6 Å². The van der Waals surface area contributed by atoms with Crippen LogP contribution in [0.3, 0.4) is 0 Å². The van der Waals surface area contributed by atoms with Gasteiger partial charge in [-0.1, -0.05) is 11.6 Å². The van der Waals surface area contributed by atoms with Crippen LogP contribution < -0.4 is 0 Å². The van der Waals surface area contributed by atoms with Crippen molar-refractivity contribution >= 4 is 22.4 Å². The molecular weight excluding hydrogens is 304 g/mol. The molecule has 102 valence electrons. The summed E-state index contributed by atoms with van der Waals surface area (Å²) < 4.78 is 38.7. The second-order valence-corrected chi connectivity index (χ2v) is 5.84. The summed E-state index contributed by atoms with van der Waals surface area (Å²) in [6, 6.07) is 9.43. The van der Waals surface area contributed by atoms with Crippen LogP contribution in [-0.2, 0) is 16.6 Å². The Morgan fingerprint density at radius 3 is 2.50 bits per heavy atom. The minimum atomic E-state index is -1.57. The lowest BCUT2D eigenvalue weighted by Gasteiger charge is -2.05. The van der Waals surface area contributed by atoms with E-state index >= 15 is 0 Å². The van der Waals surface area contributed by atoms with E-state index in [1.807, 2.05) is 6.07 Å². The highest BCUT2D eigenvalue weighted by Gasteiger charge is 2.12. The van der Waals surface area contributed by atoms with Crippen molar-refractivity contribution in [2.24, 2.45) is 0 Å². The van der Waals surface area contributed by atoms with Gasteiger partial charge in [-0.3, -0.25) is 4.21 Å². The predicted octanol–water partition coefficient (Wildman–Crippen LogP) is 3.80. The second kappa shape index (κ2) is 6.12. The summed E-state index contributed by atoms with van der Waals surface area (Å²) in [7, 11) is -1.57. The monoisotopic (exact) mass is 311 g/mol. The molecule has 0 aliphatic rings. The minimum absolute atomic E-state index is 0.108. The van der Waals surface area contributed by atoms with Crippen LogP contribution in [0.1, 0.15) is 11.1 Å². The molecule has 0 aliphatic heterocycles. The summed E-state index contributed by atoms with van der Waals surface area (Å²) in [5.74, 6) is -1.25. The van der Waals surface area contributed by atoms with Gasteiger partial charge in [-0.25, -0.2) is 8.78 Å². The summed E-state index contributed by atoms with van der Waals surface area (Å²) in [6.07, 6.45) is 0. The van der Waals surface area contributed by atoms with Crippen molar-refractivity contribution < 1.29 is 13.0 Å². The third-order valence-corrected chi connectivity index (χ3v) is 4.26. The van der Waals surface area contributed by atoms with Crippen molar-refractivity contribution in [2.75, 3.05) is 0 Å². The van der Waals surface area contributed by atoms with Crippen molar-refractivity contribution in [3.8, 4) is 6.07 Å². The van der Waals surface area contributed by atoms with E-state index in [2.05, 4.69) is 0 Å². The Kier molecular flexibility index (Phi) is 4.48. The van der Waals surface area contributed by atoms with Crippen LogP contribution in [0.2, 0.25) is 5.02 Å². The van der Waals surface area contributed by atoms with Gasteiger partial charge in [0.2, 0.25) is 0 Å². The molecule has 0 fully saturated rings. The number of nitriles is 1. The molecular formula is C14H8ClF2NOS. The molecule has 0 amide bonds. The average molecular weight is 312 g/mol. The van der Waals surface area contributed by atoms with Gasteiger partial charge >= 0.3 is 0 Å². The number of hydrogen-bond donors (Lipinski definition) is 0. The van der Waals surface area contributed by atoms with Crippen LogP contribution in [-0.4, -0.2) is 4.21 Å². The number of hydrogen-bond acceptors (Lipinski definition) is 2. The first-order valence-electron chi connectivity index (χ1n) is 5.53. The molecule has 6 heteroatoms. The SMILES string of the molecule is N#Cc1ccc(F)c(CS(=O)c2ccc(F)c(Cl)c2)c1. The number of halogens is 3. The van der Waals surface area contributed by atoms with E-state index in [1.54, 1.807) is 0 Å². The molecule has 0 spiro atoms. The lowest BCUT2D eigenvalue weighted by atomic mass is 10.1. The summed E-state index contributed by atoms with van der Waals surface area (Å²) >= 11 is 5.61. The third kappa shape index (κ3) is 3.21. The first-order chi connectivity index (χ1) is 9.51. The van der Waals surface area contributed by atoms with Gasteiger partial charge in [0.25, 0.3) is 0 Å². The summed E-state index contributed by atoms with van der Waals surface area (Å²) in [4.78, 5) is 0.304. The molecule has 0 aliphatic carbocycles. The maximum absolute atomic E-state index is 13.6. The second-order valence-electron chi connectivity index (χ2n) is 3.98. The maximum atomic E-state index is 13.6. The fraction of sp³-hybridized carbons (Fsp3) is 0.0714. The van der Waals surface area contributed by atoms with Gasteiger partial charge in [0, 0.05) is 10.5 Å². The van der Waals surface area contributed by atoms with Gasteiger partial charge < -0.3 is 0 Å². The fourth-order valence-electron chi connectivity index (χ4n) is 1.60. The zero-order valence-corrected chi connectivity index (χ0v) is 11.6. The molecule has 2 aromatic carbocycles. The van der Waals surface area contributed by atoms with Gasteiger partial charge in [-0.2, -0.15) is 5.26 Å². The molecule has 0 bridgehead atoms. The zero-order chi connectivity index (χ0) is 14.7. The van der Waals surface area contributed by atoms with E-state index < -0.39 is 22.4 Å². The molecule has 0 aromatic heterocycles. The van der Waals surface area contributed by atoms with Crippen LogP contribution in [0.15, 0.2) is 41.3 Å². The lowest BCUT2D eigenvalue weighted by Crippen LogP contribution is -2.00. The highest BCUT2D eigenvalue weighted by atomic mass is 35.5. The van der Waals surface area contributed by atoms with E-state index in [9.17, 15) is 13.0 Å². The lowest BCUT2D eigenvalue weighted by molar-refractivity contribution is 0.614. The molecule has 0 heterocycles. The Morgan fingerprint density at radius 1 is 1.15 bits per heavy atom. The van der Waals surface area contributed by atoms with Gasteiger partial charge in [0.15, 0.2) is 0 Å². The first kappa shape index (κ1) is 14.6. The van der Waals surface area contributed by atoms with E-state index in [0.717, 1.165) is 12.1 Å². The van der Waals surface area contributed by atoms with Crippen molar-refractivity contribution in [3.05, 3.63) is 64.2 Å². The molecule has 20 heavy (non-hydrogen) atoms. The Morgan fingerprint density at radius 2 is 1.85 bits per heavy atom. The Labute approximate surface area is 122 Å². The Bertz CT molecular complexity index is 728. The Hall–Kier alpha value is -1.77. The molecule has 0 N–H and O–H groups in total. The quantitative estimate of drug-likeness (QED) is 0.865. The molecule has 1 unspecified atom stereocenters. The Balaban J connectivity index is 2.28. The highest BCUT2D eigenvalue weighted by molar-refractivity contribution is 7.84. The number of nitrogens with zero attached hydrogens (tertiary/aromatic N) is 1. The van der Waals surface area contributed by atoms with Gasteiger partial charge in [-0.15, -0.1) is 0 Å². The smallest absolute Gasteiger partial charge is 0.141 e. The highest BCUT2D eigenvalue weighted by Crippen LogP contribution is 2.21. The van der Waals surface area contributed by atoms with Crippen LogP contribution in [0.25, 0.3) is 0 Å². The standard InChI is InChI=1S/C14H8ClF2NOS/c15-12-6-11(2-4-14(12)17)20(19)8-10-5-9(7-18)1-3-13(10)16/h1-6H,8H2. The predicted molar refractivity (Wildman–Crippen MR) is 72.6 cm³/mol. The maximum Gasteiger partial charge on any atom is 0.141 e. The summed E-state index contributed by atoms with van der Waals surface area (Å²) in [5.41, 5.74) is 0.457. The van der Waals surface area contributed by atoms with Crippen molar-refractivity contribution in [2.45, 2.75) is 10.6 Å². The minimum Gasteiger partial charge on any atom is -0.254 e. The van der Waals surface area contributed by atoms with E-state index in [-0.39, 0.29) is 21.9 Å². The number of benzene rings is 2. The molecule has 0 saturated carbocycles. The molecule has 1 atom stereocenters. The van der Waals surface area contributed by atoms with Crippen LogP contribution in [0, 0.1) is 23.0 Å². The zero-order valence-electron chi connectivity index (χ0n) is 10.1. The van der Waals surface area contributed by atoms with Gasteiger partial charge in [0.05, 0.1) is 33.2 Å². The van der Waals surface area contributed by atoms with E-state index in [0.29, 0.717) is 4.90 Å². The van der Waals surface area contributed by atoms with Crippen molar-refractivity contribution in [3.63, 3.8) is 0 Å². The van der Waals surface area contributed by atoms with E-state index in [4.69, 9.17) is 16.9 Å². The summed E-state index contributed by atoms with van der Waals surface area (Å²) in [6.45, 7) is 0. The average Bonchev–Trinajstić information content (AvgIpc) is 2.44. The van der Waals surface area contributed by atoms with Crippen molar-refractivity contribution in [1.82, 2.24) is 0 Å². The van der Waals surface area contributed by atoms with Crippen molar-refractivity contribution in [1.29, 1.82) is 5.26 Å². The van der Waals surface area contributed by atoms with Crippen LogP contribution in [0.4, 0.5) is 8.78 Å². The molecule has 2 rings (SSSR count). The topological polar surface area (TPSA) is 40.9 Å². The molecule has 0 saturated heterocycles. The van der Waals surface area contributed by atoms with E-state index in [1.165, 1.54) is 24.3 Å². The fourth-order valence-corrected chi connectivity index (χ4v) is 2.98. The van der Waals surface area contributed by atoms with Crippen LogP contribution in [0.5, 0.6) is 0 Å². The normalized spacial score (nSPS) is 11.9. The van der Waals surface area contributed by atoms with Gasteiger partial charge in [0.1, 0.15) is 11.6 Å². The first-order valence-corrected chi connectivity index (χ1v) is 7.23. The molecule has 2 nitrogen and oxygen atoms in total. The third-order valence-electron chi connectivity index (χ3n) is 2.62. The molecule has 0 radical (unpaired) electrons. The largest absolute Gasteiger partial charge is 0.254 e.